The molecule has 1 amide bonds. The number of rotatable bonds is 7. The normalized spacial score (nSPS) is 19.4. The number of amides is 1. The largest absolute Gasteiger partial charge is 0.372 e. The summed E-state index contributed by atoms with van der Waals surface area (Å²) in [6.07, 6.45) is 12.0. The van der Waals surface area contributed by atoms with Crippen LogP contribution in [0.4, 0.5) is 28.6 Å². The Balaban J connectivity index is 1.30. The highest BCUT2D eigenvalue weighted by atomic mass is 16.2. The monoisotopic (exact) mass is 510 g/mol. The van der Waals surface area contributed by atoms with Crippen LogP contribution in [0.1, 0.15) is 55.9 Å². The zero-order valence-corrected chi connectivity index (χ0v) is 21.7. The second-order valence-electron chi connectivity index (χ2n) is 10.5. The van der Waals surface area contributed by atoms with Gasteiger partial charge in [0.15, 0.2) is 11.3 Å². The van der Waals surface area contributed by atoms with E-state index in [-0.39, 0.29) is 5.91 Å². The molecule has 1 saturated carbocycles. The predicted molar refractivity (Wildman–Crippen MR) is 151 cm³/mol. The third-order valence-corrected chi connectivity index (χ3v) is 7.62. The molecule has 0 unspecified atom stereocenters. The molecular formula is C29H34N8O. The average Bonchev–Trinajstić information content (AvgIpc) is 3.62. The molecule has 4 heterocycles. The lowest BCUT2D eigenvalue weighted by Gasteiger charge is -2.27. The molecule has 3 aromatic heterocycles. The van der Waals surface area contributed by atoms with Gasteiger partial charge in [-0.3, -0.25) is 9.78 Å². The van der Waals surface area contributed by atoms with Crippen LogP contribution in [0.25, 0.3) is 5.65 Å². The third kappa shape index (κ3) is 5.27. The Labute approximate surface area is 222 Å². The van der Waals surface area contributed by atoms with Crippen molar-refractivity contribution in [3.8, 4) is 0 Å². The summed E-state index contributed by atoms with van der Waals surface area (Å²) < 4.78 is 1.63. The van der Waals surface area contributed by atoms with E-state index in [1.54, 1.807) is 35.2 Å². The number of nitrogens with zero attached hydrogens (tertiary/aromatic N) is 5. The number of fused-ring (bicyclic) bond motifs is 1. The number of nitrogens with one attached hydrogen (secondary N) is 3. The molecule has 0 bridgehead atoms. The highest BCUT2D eigenvalue weighted by Crippen LogP contribution is 2.30. The molecule has 196 valence electrons. The lowest BCUT2D eigenvalue weighted by Crippen LogP contribution is -2.26. The summed E-state index contributed by atoms with van der Waals surface area (Å²) in [6.45, 7) is 4.55. The van der Waals surface area contributed by atoms with Crippen LogP contribution in [0.15, 0.2) is 61.1 Å². The van der Waals surface area contributed by atoms with Gasteiger partial charge in [-0.25, -0.2) is 9.50 Å². The maximum absolute atomic E-state index is 13.2. The molecule has 9 heteroatoms. The van der Waals surface area contributed by atoms with Gasteiger partial charge in [-0.2, -0.15) is 0 Å². The second kappa shape index (κ2) is 10.7. The van der Waals surface area contributed by atoms with E-state index in [2.05, 4.69) is 62.0 Å². The molecule has 1 aliphatic carbocycles. The van der Waals surface area contributed by atoms with E-state index in [0.29, 0.717) is 23.1 Å². The average molecular weight is 511 g/mol. The maximum Gasteiger partial charge on any atom is 0.276 e. The number of carbonyl (C=O) groups is 1. The zero-order chi connectivity index (χ0) is 25.9. The number of aromatic nitrogens is 4. The Hall–Kier alpha value is -4.14. The van der Waals surface area contributed by atoms with E-state index >= 15 is 0 Å². The Morgan fingerprint density at radius 3 is 2.42 bits per heavy atom. The van der Waals surface area contributed by atoms with Crippen molar-refractivity contribution in [3.05, 3.63) is 66.7 Å². The van der Waals surface area contributed by atoms with Gasteiger partial charge in [0, 0.05) is 54.7 Å². The number of pyridine rings is 1. The van der Waals surface area contributed by atoms with Crippen LogP contribution in [0, 0.1) is 5.92 Å². The van der Waals surface area contributed by atoms with E-state index < -0.39 is 0 Å². The SMILES string of the molecule is CC1CCC(Nc2cc(Nc3ccc(N4CCCC4)cc3)c3ncc(C(=O)Nc4ccncc4)n3n2)CC1. The van der Waals surface area contributed by atoms with Crippen molar-refractivity contribution < 1.29 is 4.79 Å². The minimum absolute atomic E-state index is 0.277. The van der Waals surface area contributed by atoms with Gasteiger partial charge < -0.3 is 20.9 Å². The van der Waals surface area contributed by atoms with Crippen LogP contribution >= 0.6 is 0 Å². The van der Waals surface area contributed by atoms with Gasteiger partial charge in [0.25, 0.3) is 5.91 Å². The summed E-state index contributed by atoms with van der Waals surface area (Å²) in [5, 5.41) is 14.9. The summed E-state index contributed by atoms with van der Waals surface area (Å²) in [5.74, 6) is 1.21. The van der Waals surface area contributed by atoms with Crippen LogP contribution in [0.2, 0.25) is 0 Å². The van der Waals surface area contributed by atoms with Crippen molar-refractivity contribution in [2.24, 2.45) is 5.92 Å². The molecule has 2 aliphatic rings. The lowest BCUT2D eigenvalue weighted by molar-refractivity contribution is 0.102. The lowest BCUT2D eigenvalue weighted by atomic mass is 9.87. The Kier molecular flexibility index (Phi) is 6.81. The van der Waals surface area contributed by atoms with Gasteiger partial charge in [-0.05, 0) is 80.8 Å². The molecule has 9 nitrogen and oxygen atoms in total. The van der Waals surface area contributed by atoms with Gasteiger partial charge in [-0.15, -0.1) is 5.10 Å². The first-order valence-electron chi connectivity index (χ1n) is 13.6. The number of imidazole rings is 1. The van der Waals surface area contributed by atoms with Crippen molar-refractivity contribution in [2.75, 3.05) is 33.9 Å². The number of hydrogen-bond acceptors (Lipinski definition) is 7. The first-order valence-corrected chi connectivity index (χ1v) is 13.6. The smallest absolute Gasteiger partial charge is 0.276 e. The molecule has 38 heavy (non-hydrogen) atoms. The Bertz CT molecular complexity index is 1390. The molecule has 1 aromatic carbocycles. The predicted octanol–water partition coefficient (Wildman–Crippen LogP) is 5.71. The van der Waals surface area contributed by atoms with Crippen LogP contribution < -0.4 is 20.9 Å². The van der Waals surface area contributed by atoms with Crippen LogP contribution in [-0.4, -0.2) is 44.6 Å². The van der Waals surface area contributed by atoms with E-state index in [0.717, 1.165) is 49.0 Å². The molecule has 3 N–H and O–H groups in total. The first kappa shape index (κ1) is 24.2. The number of hydrogen-bond donors (Lipinski definition) is 3. The van der Waals surface area contributed by atoms with Gasteiger partial charge in [0.2, 0.25) is 0 Å². The van der Waals surface area contributed by atoms with Crippen molar-refractivity contribution in [1.82, 2.24) is 19.6 Å². The topological polar surface area (TPSA) is 99.5 Å². The molecule has 1 aliphatic heterocycles. The van der Waals surface area contributed by atoms with Crippen LogP contribution in [0.3, 0.4) is 0 Å². The number of carbonyl (C=O) groups excluding carboxylic acids is 1. The second-order valence-corrected chi connectivity index (χ2v) is 10.5. The quantitative estimate of drug-likeness (QED) is 0.293. The van der Waals surface area contributed by atoms with Crippen molar-refractivity contribution in [3.63, 3.8) is 0 Å². The highest BCUT2D eigenvalue weighted by Gasteiger charge is 2.21. The highest BCUT2D eigenvalue weighted by molar-refractivity contribution is 6.03. The molecule has 1 saturated heterocycles. The van der Waals surface area contributed by atoms with Crippen LogP contribution in [0.5, 0.6) is 0 Å². The first-order chi connectivity index (χ1) is 18.6. The van der Waals surface area contributed by atoms with Crippen molar-refractivity contribution in [2.45, 2.75) is 51.5 Å². The molecule has 6 rings (SSSR count). The maximum atomic E-state index is 13.2. The third-order valence-electron chi connectivity index (χ3n) is 7.62. The fourth-order valence-electron chi connectivity index (χ4n) is 5.42. The molecular weight excluding hydrogens is 476 g/mol. The summed E-state index contributed by atoms with van der Waals surface area (Å²) in [5.41, 5.74) is 4.63. The standard InChI is InChI=1S/C29H34N8O/c1-20-4-6-22(7-5-20)33-27-18-25(32-21-8-10-24(11-9-21)36-16-2-3-17-36)28-31-19-26(37(28)35-27)29(38)34-23-12-14-30-15-13-23/h8-15,18-20,22,32H,2-7,16-17H2,1H3,(H,33,35)(H,30,34,38). The fourth-order valence-corrected chi connectivity index (χ4v) is 5.42. The molecule has 4 aromatic rings. The molecule has 0 atom stereocenters. The van der Waals surface area contributed by atoms with E-state index in [1.807, 2.05) is 6.07 Å². The van der Waals surface area contributed by atoms with E-state index in [9.17, 15) is 4.79 Å². The minimum Gasteiger partial charge on any atom is -0.372 e. The van der Waals surface area contributed by atoms with Crippen molar-refractivity contribution in [1.29, 1.82) is 0 Å². The van der Waals surface area contributed by atoms with Gasteiger partial charge >= 0.3 is 0 Å². The van der Waals surface area contributed by atoms with Crippen LogP contribution in [-0.2, 0) is 0 Å². The fraction of sp³-hybridized carbons (Fsp3) is 0.379. The van der Waals surface area contributed by atoms with Gasteiger partial charge in [-0.1, -0.05) is 6.92 Å². The summed E-state index contributed by atoms with van der Waals surface area (Å²) in [7, 11) is 0. The van der Waals surface area contributed by atoms with E-state index in [1.165, 1.54) is 31.4 Å². The van der Waals surface area contributed by atoms with E-state index in [4.69, 9.17) is 5.10 Å². The molecule has 0 radical (unpaired) electrons. The summed E-state index contributed by atoms with van der Waals surface area (Å²) in [6, 6.07) is 14.4. The van der Waals surface area contributed by atoms with Gasteiger partial charge in [0.1, 0.15) is 5.82 Å². The number of benzene rings is 1. The molecule has 2 fully saturated rings. The summed E-state index contributed by atoms with van der Waals surface area (Å²) >= 11 is 0. The Morgan fingerprint density at radius 1 is 0.947 bits per heavy atom. The number of anilines is 5. The molecule has 0 spiro atoms. The zero-order valence-electron chi connectivity index (χ0n) is 21.7. The minimum atomic E-state index is -0.277. The van der Waals surface area contributed by atoms with Crippen molar-refractivity contribution >= 4 is 40.1 Å². The Morgan fingerprint density at radius 2 is 1.68 bits per heavy atom. The van der Waals surface area contributed by atoms with Gasteiger partial charge in [0.05, 0.1) is 11.9 Å². The summed E-state index contributed by atoms with van der Waals surface area (Å²) in [4.78, 5) is 24.2.